The number of rotatable bonds is 4. The second-order valence-corrected chi connectivity index (χ2v) is 5.98. The Morgan fingerprint density at radius 2 is 1.82 bits per heavy atom. The molecule has 0 aromatic heterocycles. The molecule has 0 saturated heterocycles. The average Bonchev–Trinajstić information content (AvgIpc) is 2.47. The molecule has 1 amide bonds. The highest BCUT2D eigenvalue weighted by Crippen LogP contribution is 2.11. The molecule has 0 aliphatic rings. The number of para-hydroxylation sites is 1. The van der Waals surface area contributed by atoms with E-state index < -0.39 is 0 Å². The van der Waals surface area contributed by atoms with Crippen LogP contribution in [0, 0.1) is 5.92 Å². The van der Waals surface area contributed by atoms with Gasteiger partial charge in [0.05, 0.1) is 0 Å². The summed E-state index contributed by atoms with van der Waals surface area (Å²) in [4.78, 5) is 12.2. The van der Waals surface area contributed by atoms with Crippen molar-refractivity contribution in [2.45, 2.75) is 20.3 Å². The number of carbonyl (C=O) groups excluding carboxylic acids is 1. The van der Waals surface area contributed by atoms with E-state index in [0.29, 0.717) is 16.6 Å². The predicted molar refractivity (Wildman–Crippen MR) is 95.1 cm³/mol. The van der Waals surface area contributed by atoms with Crippen LogP contribution < -0.4 is 10.6 Å². The number of nitrogens with one attached hydrogen (secondary N) is 2. The molecule has 0 atom stereocenters. The van der Waals surface area contributed by atoms with Gasteiger partial charge in [-0.15, -0.1) is 0 Å². The summed E-state index contributed by atoms with van der Waals surface area (Å²) in [7, 11) is 0. The van der Waals surface area contributed by atoms with Crippen molar-refractivity contribution in [2.75, 3.05) is 5.32 Å². The van der Waals surface area contributed by atoms with Gasteiger partial charge in [-0.25, -0.2) is 0 Å². The number of hydrogen-bond donors (Lipinski definition) is 2. The third kappa shape index (κ3) is 4.97. The molecule has 0 unspecified atom stereocenters. The van der Waals surface area contributed by atoms with Crippen LogP contribution >= 0.6 is 12.2 Å². The normalized spacial score (nSPS) is 10.3. The highest BCUT2D eigenvalue weighted by Gasteiger charge is 2.09. The summed E-state index contributed by atoms with van der Waals surface area (Å²) >= 11 is 5.17. The Morgan fingerprint density at radius 3 is 2.50 bits per heavy atom. The van der Waals surface area contributed by atoms with Crippen LogP contribution in [0.25, 0.3) is 0 Å². The topological polar surface area (TPSA) is 41.1 Å². The minimum Gasteiger partial charge on any atom is -0.332 e. The number of thiocarbonyl (C=S) groups is 1. The quantitative estimate of drug-likeness (QED) is 0.838. The SMILES string of the molecule is CC(C)Cc1cccc(C(=O)NC(=S)Nc2ccccc2)c1. The lowest BCUT2D eigenvalue weighted by Crippen LogP contribution is -2.34. The first-order valence-electron chi connectivity index (χ1n) is 7.31. The Kier molecular flexibility index (Phi) is 5.67. The monoisotopic (exact) mass is 312 g/mol. The van der Waals surface area contributed by atoms with Crippen LogP contribution in [0.15, 0.2) is 54.6 Å². The predicted octanol–water partition coefficient (Wildman–Crippen LogP) is 4.01. The summed E-state index contributed by atoms with van der Waals surface area (Å²) in [5.41, 5.74) is 2.63. The highest BCUT2D eigenvalue weighted by molar-refractivity contribution is 7.80. The number of amides is 1. The van der Waals surface area contributed by atoms with Crippen molar-refractivity contribution in [3.8, 4) is 0 Å². The first-order chi connectivity index (χ1) is 10.5. The van der Waals surface area contributed by atoms with Gasteiger partial charge >= 0.3 is 0 Å². The van der Waals surface area contributed by atoms with E-state index in [0.717, 1.165) is 17.7 Å². The smallest absolute Gasteiger partial charge is 0.257 e. The summed E-state index contributed by atoms with van der Waals surface area (Å²) in [5, 5.41) is 5.99. The van der Waals surface area contributed by atoms with E-state index in [1.165, 1.54) is 0 Å². The molecule has 2 rings (SSSR count). The Balaban J connectivity index is 1.98. The zero-order valence-electron chi connectivity index (χ0n) is 12.8. The second kappa shape index (κ2) is 7.71. The largest absolute Gasteiger partial charge is 0.332 e. The maximum atomic E-state index is 12.2. The fourth-order valence-electron chi connectivity index (χ4n) is 2.17. The Morgan fingerprint density at radius 1 is 1.09 bits per heavy atom. The average molecular weight is 312 g/mol. The van der Waals surface area contributed by atoms with Crippen LogP contribution in [0.4, 0.5) is 5.69 Å². The van der Waals surface area contributed by atoms with E-state index in [-0.39, 0.29) is 5.91 Å². The molecule has 0 bridgehead atoms. The summed E-state index contributed by atoms with van der Waals surface area (Å²) in [6.45, 7) is 4.32. The van der Waals surface area contributed by atoms with Crippen molar-refractivity contribution in [1.82, 2.24) is 5.32 Å². The molecular formula is C18H20N2OS. The molecule has 2 aromatic rings. The first kappa shape index (κ1) is 16.2. The minimum atomic E-state index is -0.195. The molecule has 2 aromatic carbocycles. The van der Waals surface area contributed by atoms with Gasteiger partial charge in [-0.3, -0.25) is 10.1 Å². The third-order valence-electron chi connectivity index (χ3n) is 3.09. The summed E-state index contributed by atoms with van der Waals surface area (Å²) in [6, 6.07) is 17.2. The van der Waals surface area contributed by atoms with Gasteiger partial charge in [0.1, 0.15) is 0 Å². The zero-order chi connectivity index (χ0) is 15.9. The van der Waals surface area contributed by atoms with Crippen molar-refractivity contribution in [3.05, 3.63) is 65.7 Å². The second-order valence-electron chi connectivity index (χ2n) is 5.57. The molecule has 0 spiro atoms. The number of benzene rings is 2. The highest BCUT2D eigenvalue weighted by atomic mass is 32.1. The van der Waals surface area contributed by atoms with E-state index in [1.807, 2.05) is 48.5 Å². The molecular weight excluding hydrogens is 292 g/mol. The van der Waals surface area contributed by atoms with Gasteiger partial charge in [-0.1, -0.05) is 44.2 Å². The first-order valence-corrected chi connectivity index (χ1v) is 7.72. The van der Waals surface area contributed by atoms with E-state index in [4.69, 9.17) is 12.2 Å². The molecule has 0 saturated carbocycles. The van der Waals surface area contributed by atoms with Gasteiger partial charge < -0.3 is 5.32 Å². The molecule has 0 aliphatic heterocycles. The molecule has 22 heavy (non-hydrogen) atoms. The van der Waals surface area contributed by atoms with Crippen LogP contribution in [0.1, 0.15) is 29.8 Å². The molecule has 0 heterocycles. The van der Waals surface area contributed by atoms with Crippen molar-refractivity contribution >= 4 is 28.9 Å². The number of carbonyl (C=O) groups is 1. The molecule has 0 aliphatic carbocycles. The molecule has 2 N–H and O–H groups in total. The number of hydrogen-bond acceptors (Lipinski definition) is 2. The van der Waals surface area contributed by atoms with Crippen LogP contribution in [-0.4, -0.2) is 11.0 Å². The molecule has 4 heteroatoms. The fraction of sp³-hybridized carbons (Fsp3) is 0.222. The van der Waals surface area contributed by atoms with E-state index in [2.05, 4.69) is 24.5 Å². The van der Waals surface area contributed by atoms with Crippen LogP contribution in [0.2, 0.25) is 0 Å². The standard InChI is InChI=1S/C18H20N2OS/c1-13(2)11-14-7-6-8-15(12-14)17(21)20-18(22)19-16-9-4-3-5-10-16/h3-10,12-13H,11H2,1-2H3,(H2,19,20,21,22). The summed E-state index contributed by atoms with van der Waals surface area (Å²) in [5.74, 6) is 0.359. The van der Waals surface area contributed by atoms with E-state index in [1.54, 1.807) is 6.07 Å². The maximum Gasteiger partial charge on any atom is 0.257 e. The fourth-order valence-corrected chi connectivity index (χ4v) is 2.38. The van der Waals surface area contributed by atoms with Crippen molar-refractivity contribution in [3.63, 3.8) is 0 Å². The van der Waals surface area contributed by atoms with Crippen molar-refractivity contribution in [2.24, 2.45) is 5.92 Å². The van der Waals surface area contributed by atoms with Crippen molar-refractivity contribution in [1.29, 1.82) is 0 Å². The Labute approximate surface area is 136 Å². The van der Waals surface area contributed by atoms with Gasteiger partial charge in [-0.2, -0.15) is 0 Å². The van der Waals surface area contributed by atoms with E-state index >= 15 is 0 Å². The summed E-state index contributed by atoms with van der Waals surface area (Å²) in [6.07, 6.45) is 0.952. The maximum absolute atomic E-state index is 12.2. The lowest BCUT2D eigenvalue weighted by molar-refractivity contribution is 0.0977. The van der Waals surface area contributed by atoms with Gasteiger partial charge in [0.2, 0.25) is 0 Å². The lowest BCUT2D eigenvalue weighted by atomic mass is 10.0. The van der Waals surface area contributed by atoms with Gasteiger partial charge in [0, 0.05) is 11.3 Å². The Hall–Kier alpha value is -2.20. The lowest BCUT2D eigenvalue weighted by Gasteiger charge is -2.10. The molecule has 0 fully saturated rings. The van der Waals surface area contributed by atoms with E-state index in [9.17, 15) is 4.79 Å². The van der Waals surface area contributed by atoms with Gasteiger partial charge in [-0.05, 0) is 54.4 Å². The molecule has 0 radical (unpaired) electrons. The number of anilines is 1. The zero-order valence-corrected chi connectivity index (χ0v) is 13.6. The summed E-state index contributed by atoms with van der Waals surface area (Å²) < 4.78 is 0. The van der Waals surface area contributed by atoms with Gasteiger partial charge in [0.15, 0.2) is 5.11 Å². The molecule has 114 valence electrons. The van der Waals surface area contributed by atoms with Crippen LogP contribution in [0.3, 0.4) is 0 Å². The van der Waals surface area contributed by atoms with Crippen LogP contribution in [0.5, 0.6) is 0 Å². The molecule has 3 nitrogen and oxygen atoms in total. The van der Waals surface area contributed by atoms with Gasteiger partial charge in [0.25, 0.3) is 5.91 Å². The minimum absolute atomic E-state index is 0.195. The Bertz CT molecular complexity index is 653. The van der Waals surface area contributed by atoms with Crippen molar-refractivity contribution < 1.29 is 4.79 Å². The third-order valence-corrected chi connectivity index (χ3v) is 3.30. The van der Waals surface area contributed by atoms with Crippen LogP contribution in [-0.2, 0) is 6.42 Å².